The van der Waals surface area contributed by atoms with Gasteiger partial charge in [-0.05, 0) is 37.5 Å². The Morgan fingerprint density at radius 2 is 2.00 bits per heavy atom. The van der Waals surface area contributed by atoms with Crippen molar-refractivity contribution in [2.75, 3.05) is 7.05 Å². The van der Waals surface area contributed by atoms with Crippen molar-refractivity contribution in [3.8, 4) is 0 Å². The highest BCUT2D eigenvalue weighted by atomic mass is 35.5. The zero-order chi connectivity index (χ0) is 15.1. The van der Waals surface area contributed by atoms with E-state index in [0.717, 1.165) is 19.3 Å². The van der Waals surface area contributed by atoms with Gasteiger partial charge in [0.05, 0.1) is 10.5 Å². The SMILES string of the molecule is Cc1c(C(=O)O)cc(Cl)cc1S(=O)(=O)N(C)C1CCC1. The van der Waals surface area contributed by atoms with E-state index in [-0.39, 0.29) is 27.1 Å². The third-order valence-electron chi connectivity index (χ3n) is 3.80. The number of aromatic carboxylic acids is 1. The first kappa shape index (κ1) is 15.3. The van der Waals surface area contributed by atoms with E-state index in [1.165, 1.54) is 30.4 Å². The molecule has 0 bridgehead atoms. The van der Waals surface area contributed by atoms with Crippen LogP contribution < -0.4 is 0 Å². The van der Waals surface area contributed by atoms with Gasteiger partial charge in [-0.1, -0.05) is 18.0 Å². The Balaban J connectivity index is 2.53. The van der Waals surface area contributed by atoms with Crippen molar-refractivity contribution in [3.63, 3.8) is 0 Å². The maximum absolute atomic E-state index is 12.6. The molecule has 0 aromatic heterocycles. The molecule has 0 radical (unpaired) electrons. The number of benzene rings is 1. The Bertz CT molecular complexity index is 653. The molecule has 1 saturated carbocycles. The summed E-state index contributed by atoms with van der Waals surface area (Å²) in [5.74, 6) is -1.19. The summed E-state index contributed by atoms with van der Waals surface area (Å²) in [7, 11) is -2.19. The number of carboxylic acids is 1. The quantitative estimate of drug-likeness (QED) is 0.926. The summed E-state index contributed by atoms with van der Waals surface area (Å²) >= 11 is 5.86. The molecule has 7 heteroatoms. The minimum Gasteiger partial charge on any atom is -0.478 e. The maximum atomic E-state index is 12.6. The number of halogens is 1. The lowest BCUT2D eigenvalue weighted by atomic mass is 9.94. The molecule has 1 fully saturated rings. The number of hydrogen-bond donors (Lipinski definition) is 1. The topological polar surface area (TPSA) is 74.7 Å². The van der Waals surface area contributed by atoms with Gasteiger partial charge in [-0.3, -0.25) is 0 Å². The van der Waals surface area contributed by atoms with Crippen LogP contribution in [0, 0.1) is 6.92 Å². The molecule has 20 heavy (non-hydrogen) atoms. The van der Waals surface area contributed by atoms with Crippen molar-refractivity contribution in [2.45, 2.75) is 37.1 Å². The monoisotopic (exact) mass is 317 g/mol. The number of carboxylic acid groups (broad SMARTS) is 1. The van der Waals surface area contributed by atoms with E-state index in [1.807, 2.05) is 0 Å². The van der Waals surface area contributed by atoms with E-state index >= 15 is 0 Å². The average molecular weight is 318 g/mol. The lowest BCUT2D eigenvalue weighted by Gasteiger charge is -2.34. The smallest absolute Gasteiger partial charge is 0.336 e. The molecule has 0 unspecified atom stereocenters. The molecule has 110 valence electrons. The zero-order valence-electron chi connectivity index (χ0n) is 11.3. The highest BCUT2D eigenvalue weighted by Gasteiger charge is 2.33. The Morgan fingerprint density at radius 3 is 2.45 bits per heavy atom. The number of rotatable bonds is 4. The predicted octanol–water partition coefficient (Wildman–Crippen LogP) is 2.52. The predicted molar refractivity (Wildman–Crippen MR) is 75.7 cm³/mol. The molecular formula is C13H16ClNO4S. The largest absolute Gasteiger partial charge is 0.478 e. The molecule has 0 atom stereocenters. The van der Waals surface area contributed by atoms with E-state index in [1.54, 1.807) is 0 Å². The molecule has 1 aromatic rings. The molecule has 2 rings (SSSR count). The van der Waals surface area contributed by atoms with Gasteiger partial charge in [0.25, 0.3) is 0 Å². The van der Waals surface area contributed by atoms with Crippen LogP contribution in [0.2, 0.25) is 5.02 Å². The van der Waals surface area contributed by atoms with Gasteiger partial charge in [0.1, 0.15) is 0 Å². The van der Waals surface area contributed by atoms with E-state index in [4.69, 9.17) is 16.7 Å². The van der Waals surface area contributed by atoms with Crippen molar-refractivity contribution in [1.29, 1.82) is 0 Å². The minimum absolute atomic E-state index is 0.00772. The Hall–Kier alpha value is -1.11. The zero-order valence-corrected chi connectivity index (χ0v) is 12.8. The van der Waals surface area contributed by atoms with Crippen LogP contribution in [-0.2, 0) is 10.0 Å². The molecule has 1 aliphatic carbocycles. The molecular weight excluding hydrogens is 302 g/mol. The van der Waals surface area contributed by atoms with Gasteiger partial charge in [0.2, 0.25) is 10.0 Å². The molecule has 0 spiro atoms. The minimum atomic E-state index is -3.72. The van der Waals surface area contributed by atoms with Gasteiger partial charge in [0, 0.05) is 18.1 Å². The van der Waals surface area contributed by atoms with E-state index in [0.29, 0.717) is 0 Å². The maximum Gasteiger partial charge on any atom is 0.336 e. The second-order valence-electron chi connectivity index (χ2n) is 4.99. The molecule has 0 amide bonds. The summed E-state index contributed by atoms with van der Waals surface area (Å²) in [6.45, 7) is 1.49. The molecule has 1 N–H and O–H groups in total. The van der Waals surface area contributed by atoms with Crippen LogP contribution in [0.3, 0.4) is 0 Å². The molecule has 1 aromatic carbocycles. The lowest BCUT2D eigenvalue weighted by molar-refractivity contribution is 0.0696. The lowest BCUT2D eigenvalue weighted by Crippen LogP contribution is -2.41. The first-order valence-electron chi connectivity index (χ1n) is 6.26. The van der Waals surface area contributed by atoms with Crippen molar-refractivity contribution in [1.82, 2.24) is 4.31 Å². The van der Waals surface area contributed by atoms with Crippen molar-refractivity contribution >= 4 is 27.6 Å². The van der Waals surface area contributed by atoms with Crippen LogP contribution in [0.4, 0.5) is 0 Å². The summed E-state index contributed by atoms with van der Waals surface area (Å²) in [5, 5.41) is 9.22. The molecule has 5 nitrogen and oxygen atoms in total. The van der Waals surface area contributed by atoms with Gasteiger partial charge in [0.15, 0.2) is 0 Å². The van der Waals surface area contributed by atoms with Crippen molar-refractivity contribution in [2.24, 2.45) is 0 Å². The number of hydrogen-bond acceptors (Lipinski definition) is 3. The van der Waals surface area contributed by atoms with Gasteiger partial charge in [-0.25, -0.2) is 13.2 Å². The van der Waals surface area contributed by atoms with Crippen LogP contribution in [0.5, 0.6) is 0 Å². The van der Waals surface area contributed by atoms with Crippen LogP contribution in [0.25, 0.3) is 0 Å². The fourth-order valence-electron chi connectivity index (χ4n) is 2.25. The van der Waals surface area contributed by atoms with E-state index < -0.39 is 16.0 Å². The third kappa shape index (κ3) is 2.55. The standard InChI is InChI=1S/C13H16ClNO4S/c1-8-11(13(16)17)6-9(14)7-12(8)20(18,19)15(2)10-4-3-5-10/h6-7,10H,3-5H2,1-2H3,(H,16,17). The number of carbonyl (C=O) groups is 1. The fraction of sp³-hybridized carbons (Fsp3) is 0.462. The molecule has 0 saturated heterocycles. The van der Waals surface area contributed by atoms with Crippen molar-refractivity contribution < 1.29 is 18.3 Å². The summed E-state index contributed by atoms with van der Waals surface area (Å²) in [5.41, 5.74) is 0.131. The Morgan fingerprint density at radius 1 is 1.40 bits per heavy atom. The van der Waals surface area contributed by atoms with Gasteiger partial charge < -0.3 is 5.11 Å². The van der Waals surface area contributed by atoms with Crippen LogP contribution in [-0.4, -0.2) is 36.9 Å². The first-order valence-corrected chi connectivity index (χ1v) is 8.08. The highest BCUT2D eigenvalue weighted by Crippen LogP contribution is 2.32. The Kier molecular flexibility index (Phi) is 4.09. The van der Waals surface area contributed by atoms with E-state index in [9.17, 15) is 13.2 Å². The number of sulfonamides is 1. The highest BCUT2D eigenvalue weighted by molar-refractivity contribution is 7.89. The summed E-state index contributed by atoms with van der Waals surface area (Å²) in [6, 6.07) is 2.57. The second-order valence-corrected chi connectivity index (χ2v) is 7.39. The van der Waals surface area contributed by atoms with Crippen molar-refractivity contribution in [3.05, 3.63) is 28.3 Å². The molecule has 1 aliphatic rings. The van der Waals surface area contributed by atoms with E-state index in [2.05, 4.69) is 0 Å². The average Bonchev–Trinajstić information content (AvgIpc) is 2.28. The van der Waals surface area contributed by atoms with Crippen LogP contribution >= 0.6 is 11.6 Å². The normalized spacial score (nSPS) is 16.2. The van der Waals surface area contributed by atoms with Gasteiger partial charge >= 0.3 is 5.97 Å². The molecule has 0 heterocycles. The second kappa shape index (κ2) is 5.35. The van der Waals surface area contributed by atoms with Gasteiger partial charge in [-0.15, -0.1) is 0 Å². The number of nitrogens with zero attached hydrogens (tertiary/aromatic N) is 1. The molecule has 0 aliphatic heterocycles. The summed E-state index contributed by atoms with van der Waals surface area (Å²) < 4.78 is 26.5. The first-order chi connectivity index (χ1) is 9.25. The van der Waals surface area contributed by atoms with Crippen LogP contribution in [0.15, 0.2) is 17.0 Å². The summed E-state index contributed by atoms with van der Waals surface area (Å²) in [6.07, 6.45) is 2.68. The van der Waals surface area contributed by atoms with Gasteiger partial charge in [-0.2, -0.15) is 4.31 Å². The van der Waals surface area contributed by atoms with Crippen LogP contribution in [0.1, 0.15) is 35.2 Å². The third-order valence-corrected chi connectivity index (χ3v) is 6.06. The fourth-order valence-corrected chi connectivity index (χ4v) is 4.22. The Labute approximate surface area is 123 Å². The summed E-state index contributed by atoms with van der Waals surface area (Å²) in [4.78, 5) is 11.1.